The fraction of sp³-hybridized carbons (Fsp3) is 0.188. The van der Waals surface area contributed by atoms with Crippen molar-refractivity contribution in [1.82, 2.24) is 15.0 Å². The van der Waals surface area contributed by atoms with Crippen molar-refractivity contribution in [3.63, 3.8) is 0 Å². The van der Waals surface area contributed by atoms with E-state index in [4.69, 9.17) is 10.5 Å². The normalized spacial score (nSPS) is 10.8. The summed E-state index contributed by atoms with van der Waals surface area (Å²) >= 11 is 1.49. The van der Waals surface area contributed by atoms with Crippen LogP contribution in [-0.4, -0.2) is 35.2 Å². The van der Waals surface area contributed by atoms with Crippen LogP contribution in [0.2, 0.25) is 0 Å². The average Bonchev–Trinajstić information content (AvgIpc) is 2.58. The first-order valence-electron chi connectivity index (χ1n) is 7.14. The van der Waals surface area contributed by atoms with Crippen LogP contribution >= 0.6 is 11.8 Å². The number of methoxy groups -OCH3 is 1. The quantitative estimate of drug-likeness (QED) is 0.532. The Hall–Kier alpha value is -2.38. The van der Waals surface area contributed by atoms with Crippen LogP contribution in [0.3, 0.4) is 0 Å². The first-order valence-corrected chi connectivity index (χ1v) is 7.96. The summed E-state index contributed by atoms with van der Waals surface area (Å²) < 4.78 is 5.02. The number of nitrogens with one attached hydrogen (secondary N) is 1. The number of anilines is 2. The lowest BCUT2D eigenvalue weighted by Crippen LogP contribution is -2.11. The van der Waals surface area contributed by atoms with Gasteiger partial charge in [-0.25, -0.2) is 9.97 Å². The number of para-hydroxylation sites is 1. The van der Waals surface area contributed by atoms with Gasteiger partial charge in [0.2, 0.25) is 0 Å². The Balaban J connectivity index is 1.89. The summed E-state index contributed by atoms with van der Waals surface area (Å²) in [5, 5.41) is 4.94. The standard InChI is InChI=1S/C16H17N5OS/c1-22-9-8-19-15-13(17)16(21-10-20-15)23-12-6-2-4-11-5-3-7-18-14(11)12/h2-7,10H,8-9,17H2,1H3,(H,19,20,21). The van der Waals surface area contributed by atoms with Crippen LogP contribution in [0, 0.1) is 0 Å². The molecule has 0 saturated carbocycles. The van der Waals surface area contributed by atoms with Gasteiger partial charge in [0.1, 0.15) is 17.0 Å². The average molecular weight is 327 g/mol. The van der Waals surface area contributed by atoms with E-state index in [2.05, 4.69) is 20.3 Å². The Bertz CT molecular complexity index is 806. The van der Waals surface area contributed by atoms with Gasteiger partial charge in [-0.2, -0.15) is 0 Å². The highest BCUT2D eigenvalue weighted by Crippen LogP contribution is 2.35. The molecule has 2 heterocycles. The van der Waals surface area contributed by atoms with Gasteiger partial charge in [0.25, 0.3) is 0 Å². The van der Waals surface area contributed by atoms with E-state index >= 15 is 0 Å². The Labute approximate surface area is 138 Å². The first kappa shape index (κ1) is 15.5. The number of fused-ring (bicyclic) bond motifs is 1. The zero-order chi connectivity index (χ0) is 16.1. The van der Waals surface area contributed by atoms with Crippen molar-refractivity contribution < 1.29 is 4.74 Å². The second kappa shape index (κ2) is 7.26. The first-order chi connectivity index (χ1) is 11.3. The van der Waals surface area contributed by atoms with E-state index in [1.807, 2.05) is 30.3 Å². The van der Waals surface area contributed by atoms with Crippen molar-refractivity contribution in [3.8, 4) is 0 Å². The smallest absolute Gasteiger partial charge is 0.153 e. The van der Waals surface area contributed by atoms with Crippen molar-refractivity contribution in [1.29, 1.82) is 0 Å². The van der Waals surface area contributed by atoms with Crippen LogP contribution in [0.25, 0.3) is 10.9 Å². The summed E-state index contributed by atoms with van der Waals surface area (Å²) in [5.74, 6) is 0.618. The number of ether oxygens (including phenoxy) is 1. The molecule has 23 heavy (non-hydrogen) atoms. The van der Waals surface area contributed by atoms with Crippen LogP contribution in [0.15, 0.2) is 52.8 Å². The third-order valence-corrected chi connectivity index (χ3v) is 4.32. The molecule has 6 nitrogen and oxygen atoms in total. The Morgan fingerprint density at radius 2 is 2.04 bits per heavy atom. The van der Waals surface area contributed by atoms with Gasteiger partial charge in [-0.15, -0.1) is 0 Å². The van der Waals surface area contributed by atoms with E-state index in [0.29, 0.717) is 29.7 Å². The van der Waals surface area contributed by atoms with E-state index in [9.17, 15) is 0 Å². The van der Waals surface area contributed by atoms with Crippen LogP contribution in [0.4, 0.5) is 11.5 Å². The molecule has 0 atom stereocenters. The molecule has 3 rings (SSSR count). The number of nitrogens with two attached hydrogens (primary N) is 1. The number of nitrogens with zero attached hydrogens (tertiary/aromatic N) is 3. The van der Waals surface area contributed by atoms with Crippen LogP contribution < -0.4 is 11.1 Å². The number of benzene rings is 1. The van der Waals surface area contributed by atoms with Gasteiger partial charge in [-0.3, -0.25) is 4.98 Å². The van der Waals surface area contributed by atoms with Crippen molar-refractivity contribution in [2.45, 2.75) is 9.92 Å². The molecule has 0 amide bonds. The number of pyridine rings is 1. The van der Waals surface area contributed by atoms with Crippen LogP contribution in [0.5, 0.6) is 0 Å². The van der Waals surface area contributed by atoms with Crippen LogP contribution in [0.1, 0.15) is 0 Å². The molecular formula is C16H17N5OS. The fourth-order valence-electron chi connectivity index (χ4n) is 2.14. The molecule has 3 N–H and O–H groups in total. The number of hydrogen-bond acceptors (Lipinski definition) is 7. The predicted octanol–water partition coefficient (Wildman–Crippen LogP) is 2.82. The second-order valence-electron chi connectivity index (χ2n) is 4.79. The number of hydrogen-bond donors (Lipinski definition) is 2. The molecule has 0 aliphatic rings. The minimum atomic E-state index is 0.529. The highest BCUT2D eigenvalue weighted by atomic mass is 32.2. The molecule has 0 radical (unpaired) electrons. The monoisotopic (exact) mass is 327 g/mol. The van der Waals surface area contributed by atoms with Crippen molar-refractivity contribution in [3.05, 3.63) is 42.9 Å². The van der Waals surface area contributed by atoms with Gasteiger partial charge >= 0.3 is 0 Å². The summed E-state index contributed by atoms with van der Waals surface area (Å²) in [4.78, 5) is 13.9. The molecule has 0 spiro atoms. The number of nitrogen functional groups attached to an aromatic ring is 1. The third-order valence-electron chi connectivity index (χ3n) is 3.25. The van der Waals surface area contributed by atoms with Crippen molar-refractivity contribution in [2.24, 2.45) is 0 Å². The molecular weight excluding hydrogens is 310 g/mol. The summed E-state index contributed by atoms with van der Waals surface area (Å²) in [6.07, 6.45) is 3.29. The van der Waals surface area contributed by atoms with E-state index in [0.717, 1.165) is 15.8 Å². The Morgan fingerprint density at radius 1 is 1.17 bits per heavy atom. The minimum absolute atomic E-state index is 0.529. The molecule has 0 fully saturated rings. The SMILES string of the molecule is COCCNc1ncnc(Sc2cccc3cccnc23)c1N. The summed E-state index contributed by atoms with van der Waals surface area (Å²) in [6, 6.07) is 10.0. The Morgan fingerprint density at radius 3 is 2.91 bits per heavy atom. The van der Waals surface area contributed by atoms with Gasteiger partial charge in [0.05, 0.1) is 12.1 Å². The molecule has 2 aromatic heterocycles. The summed E-state index contributed by atoms with van der Waals surface area (Å²) in [6.45, 7) is 1.22. The number of aromatic nitrogens is 3. The van der Waals surface area contributed by atoms with E-state index in [-0.39, 0.29) is 0 Å². The third kappa shape index (κ3) is 3.52. The molecule has 0 bridgehead atoms. The van der Waals surface area contributed by atoms with Gasteiger partial charge in [-0.1, -0.05) is 30.0 Å². The molecule has 0 unspecified atom stereocenters. The predicted molar refractivity (Wildman–Crippen MR) is 92.7 cm³/mol. The zero-order valence-electron chi connectivity index (χ0n) is 12.7. The number of rotatable bonds is 6. The maximum Gasteiger partial charge on any atom is 0.153 e. The maximum absolute atomic E-state index is 6.19. The molecule has 0 aliphatic heterocycles. The maximum atomic E-state index is 6.19. The second-order valence-corrected chi connectivity index (χ2v) is 5.82. The highest BCUT2D eigenvalue weighted by molar-refractivity contribution is 7.99. The molecule has 0 saturated heterocycles. The van der Waals surface area contributed by atoms with Gasteiger partial charge in [0, 0.05) is 30.1 Å². The summed E-state index contributed by atoms with van der Waals surface area (Å²) in [5.41, 5.74) is 7.65. The highest BCUT2D eigenvalue weighted by Gasteiger charge is 2.11. The topological polar surface area (TPSA) is 86.0 Å². The van der Waals surface area contributed by atoms with E-state index in [1.165, 1.54) is 18.1 Å². The zero-order valence-corrected chi connectivity index (χ0v) is 13.5. The van der Waals surface area contributed by atoms with Crippen LogP contribution in [-0.2, 0) is 4.74 Å². The van der Waals surface area contributed by atoms with E-state index in [1.54, 1.807) is 13.3 Å². The largest absolute Gasteiger partial charge is 0.394 e. The molecule has 118 valence electrons. The summed E-state index contributed by atoms with van der Waals surface area (Å²) in [7, 11) is 1.65. The lowest BCUT2D eigenvalue weighted by Gasteiger charge is -2.11. The molecule has 7 heteroatoms. The minimum Gasteiger partial charge on any atom is -0.394 e. The van der Waals surface area contributed by atoms with Crippen molar-refractivity contribution in [2.75, 3.05) is 31.3 Å². The lowest BCUT2D eigenvalue weighted by molar-refractivity contribution is 0.210. The Kier molecular flexibility index (Phi) is 4.89. The van der Waals surface area contributed by atoms with E-state index < -0.39 is 0 Å². The van der Waals surface area contributed by atoms with Gasteiger partial charge in [0.15, 0.2) is 5.82 Å². The molecule has 3 aromatic rings. The van der Waals surface area contributed by atoms with Gasteiger partial charge < -0.3 is 15.8 Å². The fourth-order valence-corrected chi connectivity index (χ4v) is 3.06. The lowest BCUT2D eigenvalue weighted by atomic mass is 10.2. The molecule has 0 aliphatic carbocycles. The molecule has 1 aromatic carbocycles. The van der Waals surface area contributed by atoms with Crippen molar-refractivity contribution >= 4 is 34.2 Å². The van der Waals surface area contributed by atoms with Gasteiger partial charge in [-0.05, 0) is 12.1 Å².